The van der Waals surface area contributed by atoms with Gasteiger partial charge in [0, 0.05) is 121 Å². The van der Waals surface area contributed by atoms with Crippen molar-refractivity contribution in [2.45, 2.75) is 51.6 Å². The molecule has 3 aromatic carbocycles. The Labute approximate surface area is 700 Å². The number of aliphatic imine (C=N–C) groups is 1. The molecule has 39 nitrogen and oxygen atoms in total. The maximum absolute atomic E-state index is 13.3. The van der Waals surface area contributed by atoms with Gasteiger partial charge in [-0.15, -0.1) is 0 Å². The zero-order valence-electron chi connectivity index (χ0n) is 68.5. The van der Waals surface area contributed by atoms with Crippen LogP contribution in [0.15, 0.2) is 109 Å². The number of hydrogen-bond donors (Lipinski definition) is 11. The molecule has 13 N–H and O–H groups in total. The van der Waals surface area contributed by atoms with E-state index in [9.17, 15) is 43.2 Å². The standard InChI is InChI=1S/C80H110ClN19O20/c1-54-45-64(88-59-14-10-58(81)11-15-59)63-46-57(9-16-65(63)100(54)55(2)101)56-7-12-60(13-8-56)89-72(104)19-24-110-27-30-113-33-35-115-37-39-117-41-42-118-40-38-116-36-34-114-31-28-111-25-22-86-77(107)67-48-62(50-97(67)4)91-79(109)75-95-69(52-99(75)6)93-71(103)18-21-85-76(106)66-47-61(49-96(66)3)90-78(108)74-94-68(51-98(74)5)92-70(102)17-20-84-73(105)53-120-44-43-119-32-29-112-26-23-87-80(82)83/h7-16,46-52,54,64,88H,17-45,53H2,1-6H3,(H,84,105)(H,85,106)(H,86,107)(H,89,104)(H,90,108)(H,91,109)(H,92,102)(H,93,103)(H4,82,83,87)/t54-,64+/m0/s1. The average Bonchev–Trinajstić information content (AvgIpc) is 1.14. The lowest BCUT2D eigenvalue weighted by atomic mass is 9.89. The van der Waals surface area contributed by atoms with Gasteiger partial charge in [-0.1, -0.05) is 29.8 Å². The van der Waals surface area contributed by atoms with Crippen LogP contribution in [-0.2, 0) is 104 Å². The molecule has 1 aliphatic rings. The minimum absolute atomic E-state index is 0.00239. The van der Waals surface area contributed by atoms with Crippen LogP contribution in [0.5, 0.6) is 0 Å². The Morgan fingerprint density at radius 3 is 1.34 bits per heavy atom. The number of benzene rings is 3. The van der Waals surface area contributed by atoms with Gasteiger partial charge in [-0.2, -0.15) is 0 Å². The molecule has 8 rings (SSSR count). The van der Waals surface area contributed by atoms with E-state index in [4.69, 9.17) is 75.2 Å². The molecule has 0 bridgehead atoms. The Hall–Kier alpha value is -11.2. The molecule has 9 amide bonds. The van der Waals surface area contributed by atoms with Crippen LogP contribution in [-0.4, -0.2) is 265 Å². The number of aromatic nitrogens is 6. The smallest absolute Gasteiger partial charge is 0.291 e. The predicted octanol–water partition coefficient (Wildman–Crippen LogP) is 4.37. The summed E-state index contributed by atoms with van der Waals surface area (Å²) in [5.74, 6) is -3.64. The predicted molar refractivity (Wildman–Crippen MR) is 447 cm³/mol. The van der Waals surface area contributed by atoms with E-state index in [2.05, 4.69) is 75.8 Å². The molecule has 652 valence electrons. The largest absolute Gasteiger partial charge is 0.379 e. The first-order valence-electron chi connectivity index (χ1n) is 39.2. The molecule has 1 aliphatic heterocycles. The first-order valence-corrected chi connectivity index (χ1v) is 39.6. The van der Waals surface area contributed by atoms with Crippen molar-refractivity contribution in [3.05, 3.63) is 137 Å². The lowest BCUT2D eigenvalue weighted by molar-refractivity contribution is -0.126. The lowest BCUT2D eigenvalue weighted by Crippen LogP contribution is -2.43. The topological polar surface area (TPSA) is 477 Å². The van der Waals surface area contributed by atoms with Gasteiger partial charge < -0.3 is 135 Å². The highest BCUT2D eigenvalue weighted by atomic mass is 35.5. The summed E-state index contributed by atoms with van der Waals surface area (Å²) in [6.45, 7) is 11.1. The first-order chi connectivity index (χ1) is 58.0. The number of nitrogens with zero attached hydrogens (tertiary/aromatic N) is 8. The number of amides is 9. The van der Waals surface area contributed by atoms with Crippen LogP contribution in [0.1, 0.15) is 93.4 Å². The van der Waals surface area contributed by atoms with E-state index in [0.29, 0.717) is 135 Å². The van der Waals surface area contributed by atoms with Crippen molar-refractivity contribution in [2.24, 2.45) is 44.7 Å². The van der Waals surface area contributed by atoms with Crippen molar-refractivity contribution in [2.75, 3.05) is 208 Å². The van der Waals surface area contributed by atoms with Gasteiger partial charge in [-0.05, 0) is 90.7 Å². The summed E-state index contributed by atoms with van der Waals surface area (Å²) >= 11 is 6.14. The summed E-state index contributed by atoms with van der Waals surface area (Å²) in [6, 6.07) is 24.4. The molecule has 7 aromatic rings. The molecule has 0 aliphatic carbocycles. The highest BCUT2D eigenvalue weighted by Crippen LogP contribution is 2.41. The van der Waals surface area contributed by atoms with E-state index in [1.165, 1.54) is 44.4 Å². The molecule has 2 atom stereocenters. The quantitative estimate of drug-likeness (QED) is 0.0143. The summed E-state index contributed by atoms with van der Waals surface area (Å²) in [5, 5.41) is 25.9. The van der Waals surface area contributed by atoms with Gasteiger partial charge in [0.15, 0.2) is 17.6 Å². The minimum atomic E-state index is -0.634. The molecule has 0 saturated carbocycles. The van der Waals surface area contributed by atoms with Crippen molar-refractivity contribution >= 4 is 111 Å². The maximum Gasteiger partial charge on any atom is 0.291 e. The molecule has 0 spiro atoms. The third-order valence-corrected chi connectivity index (χ3v) is 18.1. The molecule has 0 radical (unpaired) electrons. The summed E-state index contributed by atoms with van der Waals surface area (Å²) < 4.78 is 66.4. The number of ether oxygens (including phenoxy) is 11. The normalized spacial score (nSPS) is 12.9. The van der Waals surface area contributed by atoms with E-state index in [0.717, 1.165) is 34.5 Å². The number of hydrogen-bond acceptors (Lipinski definition) is 24. The molecule has 0 unspecified atom stereocenters. The second kappa shape index (κ2) is 51.3. The van der Waals surface area contributed by atoms with Gasteiger partial charge >= 0.3 is 0 Å². The van der Waals surface area contributed by atoms with E-state index in [-0.39, 0.29) is 142 Å². The van der Waals surface area contributed by atoms with Crippen LogP contribution in [0.2, 0.25) is 5.02 Å². The average molecular weight is 1690 g/mol. The number of carbonyl (C=O) groups excluding carboxylic acids is 9. The molecule has 40 heteroatoms. The van der Waals surface area contributed by atoms with Gasteiger partial charge in [-0.25, -0.2) is 9.97 Å². The second-order valence-electron chi connectivity index (χ2n) is 27.2. The summed E-state index contributed by atoms with van der Waals surface area (Å²) in [5.41, 5.74) is 17.0. The number of aryl methyl sites for hydroxylation is 4. The van der Waals surface area contributed by atoms with Gasteiger partial charge in [0.05, 0.1) is 169 Å². The van der Waals surface area contributed by atoms with E-state index in [1.54, 1.807) is 45.9 Å². The van der Waals surface area contributed by atoms with Crippen molar-refractivity contribution in [1.29, 1.82) is 0 Å². The fraction of sp³-hybridized carbons (Fsp3) is 0.475. The monoisotopic (exact) mass is 1690 g/mol. The number of guanidine groups is 1. The third-order valence-electron chi connectivity index (χ3n) is 17.8. The molecular weight excluding hydrogens is 1580 g/mol. The van der Waals surface area contributed by atoms with Crippen LogP contribution in [0, 0.1) is 0 Å². The number of anilines is 7. The third kappa shape index (κ3) is 33.2. The number of fused-ring (bicyclic) bond motifs is 1. The van der Waals surface area contributed by atoms with E-state index < -0.39 is 41.4 Å². The Balaban J connectivity index is 0.566. The van der Waals surface area contributed by atoms with E-state index >= 15 is 0 Å². The number of rotatable bonds is 56. The number of nitrogens with one attached hydrogen (secondary N) is 9. The molecule has 120 heavy (non-hydrogen) atoms. The van der Waals surface area contributed by atoms with Crippen LogP contribution in [0.3, 0.4) is 0 Å². The van der Waals surface area contributed by atoms with Crippen molar-refractivity contribution in [3.63, 3.8) is 0 Å². The highest BCUT2D eigenvalue weighted by Gasteiger charge is 2.33. The van der Waals surface area contributed by atoms with Crippen molar-refractivity contribution in [1.82, 2.24) is 44.2 Å². The van der Waals surface area contributed by atoms with Crippen molar-refractivity contribution in [3.8, 4) is 11.1 Å². The number of imidazole rings is 2. The second-order valence-corrected chi connectivity index (χ2v) is 27.7. The zero-order valence-corrected chi connectivity index (χ0v) is 69.2. The van der Waals surface area contributed by atoms with Crippen LogP contribution in [0.4, 0.5) is 40.1 Å². The Morgan fingerprint density at radius 2 is 0.858 bits per heavy atom. The highest BCUT2D eigenvalue weighted by molar-refractivity contribution is 6.30. The number of carbonyl (C=O) groups is 9. The molecule has 4 aromatic heterocycles. The molecule has 5 heterocycles. The first kappa shape index (κ1) is 94.3. The summed E-state index contributed by atoms with van der Waals surface area (Å²) in [7, 11) is 6.38. The molecular formula is C80H110ClN19O20. The van der Waals surface area contributed by atoms with Gasteiger partial charge in [-0.3, -0.25) is 48.1 Å². The Morgan fingerprint density at radius 1 is 0.433 bits per heavy atom. The van der Waals surface area contributed by atoms with Gasteiger partial charge in [0.25, 0.3) is 23.6 Å². The molecule has 0 fully saturated rings. The van der Waals surface area contributed by atoms with Gasteiger partial charge in [0.1, 0.15) is 18.0 Å². The minimum Gasteiger partial charge on any atom is -0.379 e. The Kier molecular flexibility index (Phi) is 40.3. The van der Waals surface area contributed by atoms with Crippen LogP contribution < -0.4 is 64.2 Å². The van der Waals surface area contributed by atoms with Crippen LogP contribution in [0.25, 0.3) is 11.1 Å². The molecule has 0 saturated heterocycles. The maximum atomic E-state index is 13.3. The fourth-order valence-corrected chi connectivity index (χ4v) is 12.2. The van der Waals surface area contributed by atoms with Crippen LogP contribution >= 0.6 is 11.6 Å². The number of nitrogens with two attached hydrogens (primary N) is 2. The SMILES string of the molecule is CC(=O)N1c2ccc(-c3ccc(NC(=O)CCOCCOCCOCCOCCOCCOCCOCCOCCNC(=O)c4cc(NC(=O)c5nc(NC(=O)CCNC(=O)c6cc(NC(=O)c7nc(NC(=O)CCNC(=O)COCCOCCOCCN=C(N)N)cn7C)cn6C)cn5C)cn4C)cc3)cc2[C@H](Nc2ccc(Cl)cc2)C[C@@H]1C. The van der Waals surface area contributed by atoms with E-state index in [1.807, 2.05) is 65.6 Å². The fourth-order valence-electron chi connectivity index (χ4n) is 12.1. The zero-order chi connectivity index (χ0) is 86.0. The Bertz CT molecular complexity index is 4470. The summed E-state index contributed by atoms with van der Waals surface area (Å²) in [4.78, 5) is 130. The van der Waals surface area contributed by atoms with Crippen molar-refractivity contribution < 1.29 is 95.3 Å². The number of halogens is 1. The lowest BCUT2D eigenvalue weighted by Gasteiger charge is -2.39. The van der Waals surface area contributed by atoms with Gasteiger partial charge in [0.2, 0.25) is 41.2 Å². The summed E-state index contributed by atoms with van der Waals surface area (Å²) in [6.07, 6.45) is 6.65.